The van der Waals surface area contributed by atoms with Gasteiger partial charge in [0.2, 0.25) is 0 Å². The number of carboxylic acid groups (broad SMARTS) is 1. The molecule has 1 aromatic heterocycles. The summed E-state index contributed by atoms with van der Waals surface area (Å²) in [6.45, 7) is 1.95. The average Bonchev–Trinajstić information content (AvgIpc) is 2.95. The van der Waals surface area contributed by atoms with Gasteiger partial charge in [-0.15, -0.1) is 0 Å². The monoisotopic (exact) mass is 322 g/mol. The van der Waals surface area contributed by atoms with Crippen molar-refractivity contribution in [1.29, 1.82) is 0 Å². The maximum Gasteiger partial charge on any atom is 0.321 e. The van der Waals surface area contributed by atoms with Gasteiger partial charge in [-0.3, -0.25) is 10.1 Å². The fourth-order valence-electron chi connectivity index (χ4n) is 3.54. The molecule has 0 saturated heterocycles. The lowest BCUT2D eigenvalue weighted by Crippen LogP contribution is -2.45. The van der Waals surface area contributed by atoms with E-state index in [2.05, 4.69) is 10.3 Å². The topological polar surface area (TPSA) is 85.3 Å². The summed E-state index contributed by atoms with van der Waals surface area (Å²) < 4.78 is 0. The number of rotatable bonds is 2. The van der Waals surface area contributed by atoms with Gasteiger partial charge in [0.15, 0.2) is 0 Å². The van der Waals surface area contributed by atoms with Crippen LogP contribution in [0.2, 0.25) is 0 Å². The molecule has 0 radical (unpaired) electrons. The lowest BCUT2D eigenvalue weighted by Gasteiger charge is -2.30. The molecule has 0 unspecified atom stereocenters. The van der Waals surface area contributed by atoms with Crippen molar-refractivity contribution in [3.8, 4) is 5.75 Å². The van der Waals surface area contributed by atoms with Gasteiger partial charge in [-0.2, -0.15) is 0 Å². The minimum absolute atomic E-state index is 0.161. The number of aromatic nitrogens is 1. The first-order chi connectivity index (χ1) is 11.5. The number of para-hydroxylation sites is 1. The Kier molecular flexibility index (Phi) is 3.32. The van der Waals surface area contributed by atoms with Gasteiger partial charge in [-0.1, -0.05) is 35.9 Å². The van der Waals surface area contributed by atoms with E-state index in [1.807, 2.05) is 43.3 Å². The van der Waals surface area contributed by atoms with Crippen molar-refractivity contribution in [2.75, 3.05) is 0 Å². The third-order valence-electron chi connectivity index (χ3n) is 4.70. The van der Waals surface area contributed by atoms with E-state index in [4.69, 9.17) is 0 Å². The van der Waals surface area contributed by atoms with E-state index in [9.17, 15) is 15.0 Å². The van der Waals surface area contributed by atoms with Gasteiger partial charge in [0.1, 0.15) is 11.8 Å². The molecule has 0 amide bonds. The molecule has 4 rings (SSSR count). The second-order valence-corrected chi connectivity index (χ2v) is 6.32. The zero-order chi connectivity index (χ0) is 16.8. The Hall–Kier alpha value is -2.79. The summed E-state index contributed by atoms with van der Waals surface area (Å²) >= 11 is 0. The maximum absolute atomic E-state index is 11.6. The van der Waals surface area contributed by atoms with Crippen LogP contribution in [-0.4, -0.2) is 27.2 Å². The fraction of sp³-hybridized carbons (Fsp3) is 0.211. The van der Waals surface area contributed by atoms with Gasteiger partial charge in [0.25, 0.3) is 0 Å². The zero-order valence-corrected chi connectivity index (χ0v) is 13.2. The van der Waals surface area contributed by atoms with Crippen molar-refractivity contribution in [2.24, 2.45) is 0 Å². The second-order valence-electron chi connectivity index (χ2n) is 6.32. The molecule has 5 heteroatoms. The van der Waals surface area contributed by atoms with E-state index in [1.54, 1.807) is 6.07 Å². The van der Waals surface area contributed by atoms with Crippen LogP contribution < -0.4 is 5.32 Å². The van der Waals surface area contributed by atoms with Gasteiger partial charge in [0, 0.05) is 28.6 Å². The predicted octanol–water partition coefficient (Wildman–Crippen LogP) is 2.87. The molecule has 122 valence electrons. The standard InChI is InChI=1S/C19H18N2O3/c1-10-6-7-16(22)13(8-10)18-17-12(9-15(21-18)19(23)24)11-4-2-3-5-14(11)20-17/h2-8,15,18,20-22H,9H2,1H3,(H,23,24)/t15-,18-/m1/s1. The van der Waals surface area contributed by atoms with E-state index in [1.165, 1.54) is 0 Å². The van der Waals surface area contributed by atoms with Crippen LogP contribution in [0.1, 0.15) is 28.4 Å². The summed E-state index contributed by atoms with van der Waals surface area (Å²) in [5.41, 5.74) is 4.61. The number of hydrogen-bond acceptors (Lipinski definition) is 3. The van der Waals surface area contributed by atoms with Crippen LogP contribution >= 0.6 is 0 Å². The Morgan fingerprint density at radius 1 is 1.21 bits per heavy atom. The number of phenols is 1. The number of aryl methyl sites for hydroxylation is 1. The third-order valence-corrected chi connectivity index (χ3v) is 4.70. The number of aliphatic carboxylic acids is 1. The minimum atomic E-state index is -0.886. The molecule has 0 saturated carbocycles. The molecule has 1 aliphatic heterocycles. The first-order valence-corrected chi connectivity index (χ1v) is 7.92. The molecule has 0 aliphatic carbocycles. The van der Waals surface area contributed by atoms with Crippen molar-refractivity contribution in [2.45, 2.75) is 25.4 Å². The van der Waals surface area contributed by atoms with Crippen LogP contribution in [0.5, 0.6) is 5.75 Å². The smallest absolute Gasteiger partial charge is 0.321 e. The average molecular weight is 322 g/mol. The molecule has 1 aliphatic rings. The normalized spacial score (nSPS) is 20.0. The number of aromatic hydroxyl groups is 1. The number of fused-ring (bicyclic) bond motifs is 3. The van der Waals surface area contributed by atoms with Crippen LogP contribution in [0, 0.1) is 6.92 Å². The van der Waals surface area contributed by atoms with E-state index in [-0.39, 0.29) is 11.8 Å². The number of nitrogens with one attached hydrogen (secondary N) is 2. The number of hydrogen-bond donors (Lipinski definition) is 4. The Morgan fingerprint density at radius 3 is 2.79 bits per heavy atom. The molecule has 2 atom stereocenters. The van der Waals surface area contributed by atoms with Gasteiger partial charge >= 0.3 is 5.97 Å². The summed E-state index contributed by atoms with van der Waals surface area (Å²) in [7, 11) is 0. The molecule has 4 N–H and O–H groups in total. The van der Waals surface area contributed by atoms with Gasteiger partial charge in [0.05, 0.1) is 6.04 Å². The molecule has 0 bridgehead atoms. The van der Waals surface area contributed by atoms with E-state index < -0.39 is 12.0 Å². The first-order valence-electron chi connectivity index (χ1n) is 7.92. The van der Waals surface area contributed by atoms with Gasteiger partial charge in [-0.05, 0) is 24.6 Å². The van der Waals surface area contributed by atoms with E-state index in [0.29, 0.717) is 12.0 Å². The summed E-state index contributed by atoms with van der Waals surface area (Å²) in [5, 5.41) is 24.0. The highest BCUT2D eigenvalue weighted by molar-refractivity contribution is 5.87. The first kappa shape index (κ1) is 14.8. The second kappa shape index (κ2) is 5.39. The Balaban J connectivity index is 1.94. The lowest BCUT2D eigenvalue weighted by molar-refractivity contribution is -0.139. The minimum Gasteiger partial charge on any atom is -0.508 e. The van der Waals surface area contributed by atoms with Gasteiger partial charge < -0.3 is 15.2 Å². The molecule has 2 heterocycles. The lowest BCUT2D eigenvalue weighted by atomic mass is 9.89. The molecular formula is C19H18N2O3. The predicted molar refractivity (Wildman–Crippen MR) is 91.2 cm³/mol. The highest BCUT2D eigenvalue weighted by Gasteiger charge is 2.34. The summed E-state index contributed by atoms with van der Waals surface area (Å²) in [6, 6.07) is 12.2. The third kappa shape index (κ3) is 2.25. The quantitative estimate of drug-likeness (QED) is 0.584. The maximum atomic E-state index is 11.6. The van der Waals surface area contributed by atoms with Crippen molar-refractivity contribution < 1.29 is 15.0 Å². The molecular weight excluding hydrogens is 304 g/mol. The summed E-state index contributed by atoms with van der Waals surface area (Å²) in [5.74, 6) is -0.725. The highest BCUT2D eigenvalue weighted by atomic mass is 16.4. The SMILES string of the molecule is Cc1ccc(O)c([C@H]2N[C@@H](C(=O)O)Cc3c2[nH]c2ccccc32)c1. The summed E-state index contributed by atoms with van der Waals surface area (Å²) in [4.78, 5) is 15.0. The number of carbonyl (C=O) groups is 1. The number of phenolic OH excluding ortho intramolecular Hbond substituents is 1. The molecule has 5 nitrogen and oxygen atoms in total. The van der Waals surface area contributed by atoms with Crippen molar-refractivity contribution in [1.82, 2.24) is 10.3 Å². The zero-order valence-electron chi connectivity index (χ0n) is 13.2. The number of carboxylic acids is 1. The number of benzene rings is 2. The number of aromatic amines is 1. The highest BCUT2D eigenvalue weighted by Crippen LogP contribution is 2.38. The van der Waals surface area contributed by atoms with E-state index >= 15 is 0 Å². The Morgan fingerprint density at radius 2 is 2.00 bits per heavy atom. The molecule has 0 fully saturated rings. The van der Waals surface area contributed by atoms with Crippen LogP contribution in [0.15, 0.2) is 42.5 Å². The Bertz CT molecular complexity index is 945. The molecule has 24 heavy (non-hydrogen) atoms. The van der Waals surface area contributed by atoms with Crippen LogP contribution in [0.3, 0.4) is 0 Å². The van der Waals surface area contributed by atoms with Crippen molar-refractivity contribution in [3.63, 3.8) is 0 Å². The van der Waals surface area contributed by atoms with Crippen LogP contribution in [-0.2, 0) is 11.2 Å². The summed E-state index contributed by atoms with van der Waals surface area (Å²) in [6.07, 6.45) is 0.414. The van der Waals surface area contributed by atoms with Crippen LogP contribution in [0.4, 0.5) is 0 Å². The molecule has 2 aromatic carbocycles. The molecule has 0 spiro atoms. The van der Waals surface area contributed by atoms with Crippen molar-refractivity contribution in [3.05, 3.63) is 64.8 Å². The van der Waals surface area contributed by atoms with Gasteiger partial charge in [-0.25, -0.2) is 0 Å². The Labute approximate surface area is 138 Å². The number of H-pyrrole nitrogens is 1. The fourth-order valence-corrected chi connectivity index (χ4v) is 3.54. The molecule has 3 aromatic rings. The van der Waals surface area contributed by atoms with E-state index in [0.717, 1.165) is 27.7 Å². The largest absolute Gasteiger partial charge is 0.508 e. The van der Waals surface area contributed by atoms with Crippen molar-refractivity contribution >= 4 is 16.9 Å². The van der Waals surface area contributed by atoms with Crippen LogP contribution in [0.25, 0.3) is 10.9 Å².